The Balaban J connectivity index is 5.25. The minimum absolute atomic E-state index is 0.106. The van der Waals surface area contributed by atoms with Crippen LogP contribution in [-0.4, -0.2) is 96.7 Å². The smallest absolute Gasteiger partial charge is 0.462 e. The van der Waals surface area contributed by atoms with Crippen molar-refractivity contribution in [3.63, 3.8) is 0 Å². The van der Waals surface area contributed by atoms with Gasteiger partial charge in [0.1, 0.15) is 19.3 Å². The molecule has 0 spiro atoms. The van der Waals surface area contributed by atoms with Gasteiger partial charge in [-0.3, -0.25) is 37.3 Å². The third kappa shape index (κ3) is 73.0. The molecule has 17 nitrogen and oxygen atoms in total. The lowest BCUT2D eigenvalue weighted by Crippen LogP contribution is -2.30. The van der Waals surface area contributed by atoms with Crippen molar-refractivity contribution in [2.24, 2.45) is 11.8 Å². The SMILES string of the molecule is CCCCCCCCCCCCCCCCCCCCCCC(=O)O[C@H](COC(=O)CCCCCCCCCCCCCCCCC)COP(=O)(O)OC[C@@H](O)COP(=O)(O)OC[C@@H](COC(=O)CCCCCCCCCCC(C)CC)OC(=O)CCCCCCCCCCCCC(C)C. The van der Waals surface area contributed by atoms with Crippen LogP contribution >= 0.6 is 15.6 Å². The van der Waals surface area contributed by atoms with Crippen LogP contribution in [0.3, 0.4) is 0 Å². The number of unbranched alkanes of at least 4 members (excludes halogenated alkanes) is 49. The molecule has 0 amide bonds. The van der Waals surface area contributed by atoms with Gasteiger partial charge in [-0.2, -0.15) is 0 Å². The number of rotatable bonds is 80. The lowest BCUT2D eigenvalue weighted by atomic mass is 9.99. The molecular weight excluding hydrogens is 1310 g/mol. The van der Waals surface area contributed by atoms with E-state index in [-0.39, 0.29) is 25.7 Å². The molecular formula is C81H158O17P2. The number of hydrogen-bond donors (Lipinski definition) is 3. The van der Waals surface area contributed by atoms with Crippen molar-refractivity contribution in [1.29, 1.82) is 0 Å². The van der Waals surface area contributed by atoms with Crippen molar-refractivity contribution in [3.05, 3.63) is 0 Å². The molecule has 19 heteroatoms. The van der Waals surface area contributed by atoms with Crippen molar-refractivity contribution in [3.8, 4) is 0 Å². The van der Waals surface area contributed by atoms with Crippen molar-refractivity contribution < 1.29 is 80.2 Å². The average molecular weight is 1470 g/mol. The summed E-state index contributed by atoms with van der Waals surface area (Å²) in [4.78, 5) is 73.0. The first-order valence-corrected chi connectivity index (χ1v) is 45.0. The molecule has 0 aliphatic heterocycles. The van der Waals surface area contributed by atoms with Crippen LogP contribution in [-0.2, 0) is 65.4 Å². The number of phosphoric ester groups is 2. The van der Waals surface area contributed by atoms with E-state index in [9.17, 15) is 43.2 Å². The second-order valence-electron chi connectivity index (χ2n) is 29.9. The average Bonchev–Trinajstić information content (AvgIpc) is 0.929. The molecule has 0 saturated heterocycles. The third-order valence-electron chi connectivity index (χ3n) is 19.3. The van der Waals surface area contributed by atoms with E-state index in [0.717, 1.165) is 102 Å². The molecule has 0 rings (SSSR count). The Morgan fingerprint density at radius 2 is 0.510 bits per heavy atom. The summed E-state index contributed by atoms with van der Waals surface area (Å²) < 4.78 is 68.7. The molecule has 0 fully saturated rings. The molecule has 0 saturated carbocycles. The summed E-state index contributed by atoms with van der Waals surface area (Å²) in [6, 6.07) is 0. The number of esters is 4. The topological polar surface area (TPSA) is 237 Å². The fraction of sp³-hybridized carbons (Fsp3) is 0.951. The highest BCUT2D eigenvalue weighted by Crippen LogP contribution is 2.45. The fourth-order valence-electron chi connectivity index (χ4n) is 12.5. The van der Waals surface area contributed by atoms with Crippen LogP contribution in [0.2, 0.25) is 0 Å². The molecule has 3 unspecified atom stereocenters. The number of aliphatic hydroxyl groups is 1. The number of carbonyl (C=O) groups excluding carboxylic acids is 4. The molecule has 594 valence electrons. The van der Waals surface area contributed by atoms with Crippen LogP contribution < -0.4 is 0 Å². The number of carbonyl (C=O) groups is 4. The van der Waals surface area contributed by atoms with Crippen molar-refractivity contribution >= 4 is 39.5 Å². The summed E-state index contributed by atoms with van der Waals surface area (Å²) in [6.07, 6.45) is 62.4. The predicted octanol–water partition coefficient (Wildman–Crippen LogP) is 24.3. The molecule has 0 radical (unpaired) electrons. The number of hydrogen-bond acceptors (Lipinski definition) is 15. The minimum Gasteiger partial charge on any atom is -0.462 e. The van der Waals surface area contributed by atoms with Gasteiger partial charge in [0.15, 0.2) is 12.2 Å². The summed E-state index contributed by atoms with van der Waals surface area (Å²) in [5.74, 6) is -0.579. The largest absolute Gasteiger partial charge is 0.472 e. The highest BCUT2D eigenvalue weighted by molar-refractivity contribution is 7.47. The molecule has 100 heavy (non-hydrogen) atoms. The monoisotopic (exact) mass is 1470 g/mol. The number of aliphatic hydroxyl groups excluding tert-OH is 1. The van der Waals surface area contributed by atoms with Crippen molar-refractivity contribution in [2.45, 2.75) is 445 Å². The number of phosphoric acid groups is 2. The zero-order valence-electron chi connectivity index (χ0n) is 65.5. The lowest BCUT2D eigenvalue weighted by Gasteiger charge is -2.21. The maximum absolute atomic E-state index is 13.1. The Labute approximate surface area is 613 Å². The quantitative estimate of drug-likeness (QED) is 0.0222. The second-order valence-corrected chi connectivity index (χ2v) is 32.8. The van der Waals surface area contributed by atoms with Gasteiger partial charge in [0.25, 0.3) is 0 Å². The van der Waals surface area contributed by atoms with Crippen LogP contribution in [0.4, 0.5) is 0 Å². The van der Waals surface area contributed by atoms with Gasteiger partial charge in [-0.05, 0) is 37.5 Å². The molecule has 0 aromatic carbocycles. The molecule has 0 aromatic rings. The molecule has 0 heterocycles. The maximum atomic E-state index is 13.1. The highest BCUT2D eigenvalue weighted by Gasteiger charge is 2.30. The van der Waals surface area contributed by atoms with E-state index >= 15 is 0 Å². The Bertz CT molecular complexity index is 1930. The standard InChI is InChI=1S/C81H158O17P2/c1-7-10-12-14-16-18-20-22-24-25-26-27-28-30-32-34-39-47-53-59-65-80(85)97-76(69-91-78(83)63-57-51-45-38-33-31-29-23-21-19-17-15-13-11-8-2)71-95-99(87,88)93-67-75(82)68-94-100(89,90)96-72-77(70-92-79(84)64-58-52-46-42-41-44-50-56-62-74(6)9-3)98-81(86)66-60-54-48-40-36-35-37-43-49-55-61-73(4)5/h73-77,82H,7-72H2,1-6H3,(H,87,88)(H,89,90)/t74?,75-,76-,77-/m1/s1. The summed E-state index contributed by atoms with van der Waals surface area (Å²) in [5.41, 5.74) is 0. The van der Waals surface area contributed by atoms with Gasteiger partial charge in [-0.1, -0.05) is 375 Å². The first-order chi connectivity index (χ1) is 48.4. The van der Waals surface area contributed by atoms with Crippen LogP contribution in [0.5, 0.6) is 0 Å². The van der Waals surface area contributed by atoms with Gasteiger partial charge in [-0.25, -0.2) is 9.13 Å². The van der Waals surface area contributed by atoms with E-state index < -0.39 is 97.5 Å². The normalized spacial score (nSPS) is 14.2. The van der Waals surface area contributed by atoms with Gasteiger partial charge in [0.2, 0.25) is 0 Å². The van der Waals surface area contributed by atoms with E-state index in [1.165, 1.54) is 244 Å². The molecule has 6 atom stereocenters. The second kappa shape index (κ2) is 72.6. The molecule has 0 bridgehead atoms. The van der Waals surface area contributed by atoms with E-state index in [4.69, 9.17) is 37.0 Å². The van der Waals surface area contributed by atoms with Gasteiger partial charge in [-0.15, -0.1) is 0 Å². The van der Waals surface area contributed by atoms with Crippen LogP contribution in [0.25, 0.3) is 0 Å². The maximum Gasteiger partial charge on any atom is 0.472 e. The predicted molar refractivity (Wildman–Crippen MR) is 409 cm³/mol. The van der Waals surface area contributed by atoms with Crippen molar-refractivity contribution in [1.82, 2.24) is 0 Å². The zero-order chi connectivity index (χ0) is 73.5. The molecule has 3 N–H and O–H groups in total. The van der Waals surface area contributed by atoms with E-state index in [2.05, 4.69) is 41.5 Å². The van der Waals surface area contributed by atoms with E-state index in [1.54, 1.807) is 0 Å². The van der Waals surface area contributed by atoms with Crippen LogP contribution in [0.1, 0.15) is 427 Å². The Morgan fingerprint density at radius 1 is 0.290 bits per heavy atom. The third-order valence-corrected chi connectivity index (χ3v) is 21.2. The summed E-state index contributed by atoms with van der Waals surface area (Å²) in [6.45, 7) is 9.63. The van der Waals surface area contributed by atoms with Gasteiger partial charge >= 0.3 is 39.5 Å². The fourth-order valence-corrected chi connectivity index (χ4v) is 14.1. The van der Waals surface area contributed by atoms with Crippen molar-refractivity contribution in [2.75, 3.05) is 39.6 Å². The molecule has 0 aliphatic carbocycles. The molecule has 0 aliphatic rings. The summed E-state index contributed by atoms with van der Waals surface area (Å²) >= 11 is 0. The van der Waals surface area contributed by atoms with Gasteiger partial charge in [0.05, 0.1) is 26.4 Å². The van der Waals surface area contributed by atoms with Crippen LogP contribution in [0.15, 0.2) is 0 Å². The Hall–Kier alpha value is -1.94. The van der Waals surface area contributed by atoms with Gasteiger partial charge in [0, 0.05) is 25.7 Å². The first-order valence-electron chi connectivity index (χ1n) is 42.0. The Morgan fingerprint density at radius 3 is 0.760 bits per heavy atom. The summed E-state index contributed by atoms with van der Waals surface area (Å²) in [7, 11) is -9.92. The van der Waals surface area contributed by atoms with E-state index in [1.807, 2.05) is 0 Å². The summed E-state index contributed by atoms with van der Waals surface area (Å²) in [5, 5.41) is 10.6. The lowest BCUT2D eigenvalue weighted by molar-refractivity contribution is -0.161. The zero-order valence-corrected chi connectivity index (χ0v) is 67.3. The van der Waals surface area contributed by atoms with Crippen LogP contribution in [0, 0.1) is 11.8 Å². The van der Waals surface area contributed by atoms with Gasteiger partial charge < -0.3 is 33.8 Å². The van der Waals surface area contributed by atoms with E-state index in [0.29, 0.717) is 25.7 Å². The minimum atomic E-state index is -4.96. The highest BCUT2D eigenvalue weighted by atomic mass is 31.2. The molecule has 0 aromatic heterocycles. The number of ether oxygens (including phenoxy) is 4. The first kappa shape index (κ1) is 98.1. The Kier molecular flexibility index (Phi) is 71.2.